The Morgan fingerprint density at radius 3 is 2.89 bits per heavy atom. The van der Waals surface area contributed by atoms with E-state index < -0.39 is 0 Å². The molecule has 0 saturated carbocycles. The van der Waals surface area contributed by atoms with Gasteiger partial charge in [0.15, 0.2) is 0 Å². The molecule has 0 radical (unpaired) electrons. The Hall–Kier alpha value is -2.10. The fourth-order valence-electron chi connectivity index (χ4n) is 2.44. The first-order valence-electron chi connectivity index (χ1n) is 6.64. The highest BCUT2D eigenvalue weighted by atomic mass is 16.2. The second kappa shape index (κ2) is 5.26. The summed E-state index contributed by atoms with van der Waals surface area (Å²) in [5.41, 5.74) is 1.22. The van der Waals surface area contributed by atoms with E-state index in [1.54, 1.807) is 6.20 Å². The molecule has 0 unspecified atom stereocenters. The van der Waals surface area contributed by atoms with Gasteiger partial charge >= 0.3 is 0 Å². The van der Waals surface area contributed by atoms with Crippen molar-refractivity contribution in [2.24, 2.45) is 0 Å². The summed E-state index contributed by atoms with van der Waals surface area (Å²) in [5, 5.41) is 0. The summed E-state index contributed by atoms with van der Waals surface area (Å²) in [7, 11) is 0. The fourth-order valence-corrected chi connectivity index (χ4v) is 2.44. The molecule has 0 saturated heterocycles. The number of rotatable bonds is 3. The normalized spacial score (nSPS) is 14.2. The third-order valence-corrected chi connectivity index (χ3v) is 3.57. The van der Waals surface area contributed by atoms with Gasteiger partial charge in [-0.2, -0.15) is 0 Å². The van der Waals surface area contributed by atoms with Gasteiger partial charge in [0.25, 0.3) is 0 Å². The zero-order valence-electron chi connectivity index (χ0n) is 10.8. The number of hydrogen-bond acceptors (Lipinski definition) is 2. The van der Waals surface area contributed by atoms with Crippen molar-refractivity contribution in [2.45, 2.75) is 25.9 Å². The lowest BCUT2D eigenvalue weighted by atomic mass is 10.1. The van der Waals surface area contributed by atoms with Gasteiger partial charge in [-0.15, -0.1) is 0 Å². The second-order valence-electron chi connectivity index (χ2n) is 4.84. The molecule has 3 rings (SSSR count). The van der Waals surface area contributed by atoms with E-state index in [1.807, 2.05) is 29.3 Å². The molecule has 0 aliphatic carbocycles. The monoisotopic (exact) mass is 255 g/mol. The van der Waals surface area contributed by atoms with Crippen molar-refractivity contribution >= 4 is 5.91 Å². The molecule has 1 aliphatic rings. The molecule has 1 amide bonds. The molecule has 2 heterocycles. The molecule has 4 heteroatoms. The lowest BCUT2D eigenvalue weighted by molar-refractivity contribution is -0.132. The van der Waals surface area contributed by atoms with Crippen LogP contribution in [0.5, 0.6) is 0 Å². The maximum Gasteiger partial charge on any atom is 0.223 e. The van der Waals surface area contributed by atoms with Gasteiger partial charge in [-0.3, -0.25) is 4.79 Å². The maximum absolute atomic E-state index is 12.2. The number of carbonyl (C=O) groups is 1. The number of hydrogen-bond donors (Lipinski definition) is 0. The lowest BCUT2D eigenvalue weighted by Gasteiger charge is -2.27. The summed E-state index contributed by atoms with van der Waals surface area (Å²) in [5.74, 6) is 1.21. The van der Waals surface area contributed by atoms with E-state index in [9.17, 15) is 4.79 Å². The van der Waals surface area contributed by atoms with Gasteiger partial charge in [0.1, 0.15) is 5.82 Å². The molecule has 0 spiro atoms. The van der Waals surface area contributed by atoms with Gasteiger partial charge in [-0.25, -0.2) is 4.98 Å². The first kappa shape index (κ1) is 12.0. The summed E-state index contributed by atoms with van der Waals surface area (Å²) < 4.78 is 2.11. The van der Waals surface area contributed by atoms with Crippen molar-refractivity contribution in [3.05, 3.63) is 54.1 Å². The molecule has 4 nitrogen and oxygen atoms in total. The summed E-state index contributed by atoms with van der Waals surface area (Å²) in [6.07, 6.45) is 5.16. The van der Waals surface area contributed by atoms with Crippen LogP contribution in [-0.2, 0) is 24.3 Å². The minimum atomic E-state index is 0.220. The number of imidazole rings is 1. The highest BCUT2D eigenvalue weighted by Crippen LogP contribution is 2.12. The Morgan fingerprint density at radius 2 is 2.05 bits per heavy atom. The van der Waals surface area contributed by atoms with Crippen LogP contribution in [0.15, 0.2) is 42.7 Å². The zero-order valence-corrected chi connectivity index (χ0v) is 10.8. The third-order valence-electron chi connectivity index (χ3n) is 3.57. The number of fused-ring (bicyclic) bond motifs is 1. The van der Waals surface area contributed by atoms with Crippen molar-refractivity contribution < 1.29 is 4.79 Å². The van der Waals surface area contributed by atoms with E-state index >= 15 is 0 Å². The number of nitrogens with zero attached hydrogens (tertiary/aromatic N) is 3. The largest absolute Gasteiger partial charge is 0.333 e. The molecule has 1 aromatic carbocycles. The van der Waals surface area contributed by atoms with Gasteiger partial charge in [-0.05, 0) is 12.0 Å². The Morgan fingerprint density at radius 1 is 1.21 bits per heavy atom. The van der Waals surface area contributed by atoms with E-state index in [0.29, 0.717) is 13.0 Å². The van der Waals surface area contributed by atoms with Crippen LogP contribution in [0.3, 0.4) is 0 Å². The van der Waals surface area contributed by atoms with E-state index in [1.165, 1.54) is 5.56 Å². The topological polar surface area (TPSA) is 38.1 Å². The number of aryl methyl sites for hydroxylation is 1. The van der Waals surface area contributed by atoms with Crippen molar-refractivity contribution in [1.29, 1.82) is 0 Å². The molecule has 0 N–H and O–H groups in total. The van der Waals surface area contributed by atoms with Gasteiger partial charge < -0.3 is 9.47 Å². The molecule has 2 aromatic rings. The highest BCUT2D eigenvalue weighted by molar-refractivity contribution is 5.76. The maximum atomic E-state index is 12.2. The minimum Gasteiger partial charge on any atom is -0.333 e. The number of amides is 1. The predicted molar refractivity (Wildman–Crippen MR) is 72.4 cm³/mol. The molecule has 0 atom stereocenters. The SMILES string of the molecule is O=C(CCc1ccccc1)N1CCn2ccnc2C1. The Kier molecular flexibility index (Phi) is 3.31. The minimum absolute atomic E-state index is 0.220. The van der Waals surface area contributed by atoms with Gasteiger partial charge in [0, 0.05) is 31.9 Å². The average Bonchev–Trinajstić information content (AvgIpc) is 2.93. The van der Waals surface area contributed by atoms with Gasteiger partial charge in [0.05, 0.1) is 6.54 Å². The Balaban J connectivity index is 1.57. The smallest absolute Gasteiger partial charge is 0.223 e. The number of aromatic nitrogens is 2. The molecule has 19 heavy (non-hydrogen) atoms. The molecule has 0 bridgehead atoms. The van der Waals surface area contributed by atoms with E-state index in [-0.39, 0.29) is 5.91 Å². The van der Waals surface area contributed by atoms with Crippen LogP contribution >= 0.6 is 0 Å². The molecule has 1 aromatic heterocycles. The molecule has 0 fully saturated rings. The molecular weight excluding hydrogens is 238 g/mol. The van der Waals surface area contributed by atoms with E-state index in [2.05, 4.69) is 21.7 Å². The first-order chi connectivity index (χ1) is 9.33. The molecule has 98 valence electrons. The standard InChI is InChI=1S/C15H17N3O/c19-15(7-6-13-4-2-1-3-5-13)18-11-10-17-9-8-16-14(17)12-18/h1-5,8-9H,6-7,10-12H2. The summed E-state index contributed by atoms with van der Waals surface area (Å²) >= 11 is 0. The highest BCUT2D eigenvalue weighted by Gasteiger charge is 2.20. The van der Waals surface area contributed by atoms with Crippen LogP contribution in [0.4, 0.5) is 0 Å². The van der Waals surface area contributed by atoms with Crippen LogP contribution in [0, 0.1) is 0 Å². The van der Waals surface area contributed by atoms with Gasteiger partial charge in [0.2, 0.25) is 5.91 Å². The number of carbonyl (C=O) groups excluding carboxylic acids is 1. The van der Waals surface area contributed by atoms with Crippen molar-refractivity contribution in [3.63, 3.8) is 0 Å². The average molecular weight is 255 g/mol. The summed E-state index contributed by atoms with van der Waals surface area (Å²) in [4.78, 5) is 18.4. The van der Waals surface area contributed by atoms with Crippen molar-refractivity contribution in [3.8, 4) is 0 Å². The quantitative estimate of drug-likeness (QED) is 0.839. The Bertz CT molecular complexity index is 562. The predicted octanol–water partition coefficient (Wildman–Crippen LogP) is 1.86. The van der Waals surface area contributed by atoms with E-state index in [0.717, 1.165) is 25.3 Å². The number of benzene rings is 1. The summed E-state index contributed by atoms with van der Waals surface area (Å²) in [6.45, 7) is 2.28. The van der Waals surface area contributed by atoms with Crippen LogP contribution in [0.25, 0.3) is 0 Å². The summed E-state index contributed by atoms with van der Waals surface area (Å²) in [6, 6.07) is 10.1. The van der Waals surface area contributed by atoms with Crippen LogP contribution in [0.1, 0.15) is 17.8 Å². The van der Waals surface area contributed by atoms with E-state index in [4.69, 9.17) is 0 Å². The van der Waals surface area contributed by atoms with Crippen LogP contribution < -0.4 is 0 Å². The van der Waals surface area contributed by atoms with Crippen molar-refractivity contribution in [1.82, 2.24) is 14.5 Å². The lowest BCUT2D eigenvalue weighted by Crippen LogP contribution is -2.38. The van der Waals surface area contributed by atoms with Crippen molar-refractivity contribution in [2.75, 3.05) is 6.54 Å². The second-order valence-corrected chi connectivity index (χ2v) is 4.84. The molecule has 1 aliphatic heterocycles. The van der Waals surface area contributed by atoms with Gasteiger partial charge in [-0.1, -0.05) is 30.3 Å². The fraction of sp³-hybridized carbons (Fsp3) is 0.333. The third kappa shape index (κ3) is 2.67. The first-order valence-corrected chi connectivity index (χ1v) is 6.64. The van der Waals surface area contributed by atoms with Crippen LogP contribution in [0.2, 0.25) is 0 Å². The van der Waals surface area contributed by atoms with Crippen LogP contribution in [-0.4, -0.2) is 26.9 Å². The molecular formula is C15H17N3O. The zero-order chi connectivity index (χ0) is 13.1. The Labute approximate surface area is 112 Å².